The number of carbonyl (C=O) groups is 1. The van der Waals surface area contributed by atoms with Crippen molar-refractivity contribution in [2.45, 2.75) is 0 Å². The normalized spacial score (nSPS) is 10.4. The number of tetrazole rings is 1. The van der Waals surface area contributed by atoms with Crippen LogP contribution in [-0.2, 0) is 0 Å². The number of aromatic nitrogens is 4. The van der Waals surface area contributed by atoms with Crippen LogP contribution in [0.4, 0.5) is 4.39 Å². The molecule has 2 rings (SSSR count). The molecule has 0 amide bonds. The Labute approximate surface area is 93.3 Å². The summed E-state index contributed by atoms with van der Waals surface area (Å²) in [6.07, 6.45) is 1.16. The Hall–Kier alpha value is -2.02. The van der Waals surface area contributed by atoms with E-state index < -0.39 is 17.3 Å². The lowest BCUT2D eigenvalue weighted by molar-refractivity contribution is 0.0691. The minimum Gasteiger partial charge on any atom is -0.478 e. The van der Waals surface area contributed by atoms with Crippen molar-refractivity contribution < 1.29 is 14.3 Å². The van der Waals surface area contributed by atoms with Crippen LogP contribution in [0, 0.1) is 5.82 Å². The Morgan fingerprint density at radius 1 is 1.50 bits per heavy atom. The van der Waals surface area contributed by atoms with Crippen molar-refractivity contribution >= 4 is 17.6 Å². The average molecular weight is 243 g/mol. The van der Waals surface area contributed by atoms with E-state index >= 15 is 0 Å². The maximum Gasteiger partial charge on any atom is 0.340 e. The molecule has 0 spiro atoms. The van der Waals surface area contributed by atoms with Crippen molar-refractivity contribution in [3.8, 4) is 5.69 Å². The highest BCUT2D eigenvalue weighted by atomic mass is 35.5. The van der Waals surface area contributed by atoms with Crippen LogP contribution in [0.2, 0.25) is 5.02 Å². The predicted molar refractivity (Wildman–Crippen MR) is 51.1 cm³/mol. The highest BCUT2D eigenvalue weighted by Gasteiger charge is 2.20. The molecule has 2 aromatic rings. The van der Waals surface area contributed by atoms with Gasteiger partial charge in [-0.15, -0.1) is 5.10 Å². The summed E-state index contributed by atoms with van der Waals surface area (Å²) in [5.41, 5.74) is -0.556. The van der Waals surface area contributed by atoms with Gasteiger partial charge >= 0.3 is 5.97 Å². The van der Waals surface area contributed by atoms with Gasteiger partial charge in [0, 0.05) is 0 Å². The molecule has 0 unspecified atom stereocenters. The first-order chi connectivity index (χ1) is 7.61. The average Bonchev–Trinajstić information content (AvgIpc) is 2.74. The molecule has 1 aromatic carbocycles. The van der Waals surface area contributed by atoms with E-state index in [2.05, 4.69) is 15.5 Å². The second kappa shape index (κ2) is 3.86. The first-order valence-electron chi connectivity index (χ1n) is 4.06. The molecule has 0 fully saturated rings. The van der Waals surface area contributed by atoms with Crippen LogP contribution >= 0.6 is 11.6 Å². The lowest BCUT2D eigenvalue weighted by Crippen LogP contribution is -2.09. The summed E-state index contributed by atoms with van der Waals surface area (Å²) in [5, 5.41) is 18.8. The molecular formula is C8H4ClFN4O2. The third-order valence-corrected chi connectivity index (χ3v) is 2.17. The SMILES string of the molecule is O=C(O)c1c(-n2cnnn2)ccc(Cl)c1F. The molecule has 0 saturated heterocycles. The molecule has 0 atom stereocenters. The minimum atomic E-state index is -1.44. The number of carboxylic acids is 1. The summed E-state index contributed by atoms with van der Waals surface area (Å²) in [5.74, 6) is -2.45. The van der Waals surface area contributed by atoms with Gasteiger partial charge in [-0.3, -0.25) is 0 Å². The number of rotatable bonds is 2. The van der Waals surface area contributed by atoms with Crippen molar-refractivity contribution in [2.24, 2.45) is 0 Å². The Morgan fingerprint density at radius 2 is 2.25 bits per heavy atom. The van der Waals surface area contributed by atoms with Crippen molar-refractivity contribution in [3.05, 3.63) is 34.9 Å². The van der Waals surface area contributed by atoms with Crippen LogP contribution in [-0.4, -0.2) is 31.3 Å². The molecular weight excluding hydrogens is 239 g/mol. The van der Waals surface area contributed by atoms with Gasteiger partial charge in [0.15, 0.2) is 5.82 Å². The standard InChI is InChI=1S/C8H4ClFN4O2/c9-4-1-2-5(14-3-11-12-13-14)6(7(4)10)8(15)16/h1-3H,(H,15,16). The lowest BCUT2D eigenvalue weighted by atomic mass is 10.1. The monoisotopic (exact) mass is 242 g/mol. The molecule has 0 saturated carbocycles. The molecule has 0 aliphatic carbocycles. The summed E-state index contributed by atoms with van der Waals surface area (Å²) >= 11 is 5.49. The van der Waals surface area contributed by atoms with E-state index in [4.69, 9.17) is 16.7 Å². The van der Waals surface area contributed by atoms with Gasteiger partial charge in [-0.1, -0.05) is 11.6 Å². The molecule has 8 heteroatoms. The van der Waals surface area contributed by atoms with Crippen molar-refractivity contribution in [3.63, 3.8) is 0 Å². The van der Waals surface area contributed by atoms with Gasteiger partial charge in [-0.05, 0) is 22.6 Å². The quantitative estimate of drug-likeness (QED) is 0.854. The third-order valence-electron chi connectivity index (χ3n) is 1.88. The van der Waals surface area contributed by atoms with Crippen LogP contribution in [0.1, 0.15) is 10.4 Å². The molecule has 0 radical (unpaired) electrons. The number of hydrogen-bond donors (Lipinski definition) is 1. The first-order valence-corrected chi connectivity index (χ1v) is 4.43. The zero-order chi connectivity index (χ0) is 11.7. The lowest BCUT2D eigenvalue weighted by Gasteiger charge is -2.06. The van der Waals surface area contributed by atoms with Gasteiger partial charge in [0.2, 0.25) is 0 Å². The molecule has 0 bridgehead atoms. The molecule has 1 aromatic heterocycles. The first kappa shape index (κ1) is 10.5. The number of aromatic carboxylic acids is 1. The smallest absolute Gasteiger partial charge is 0.340 e. The van der Waals surface area contributed by atoms with E-state index in [9.17, 15) is 9.18 Å². The summed E-state index contributed by atoms with van der Waals surface area (Å²) in [4.78, 5) is 10.9. The highest BCUT2D eigenvalue weighted by Crippen LogP contribution is 2.23. The highest BCUT2D eigenvalue weighted by molar-refractivity contribution is 6.31. The summed E-state index contributed by atoms with van der Waals surface area (Å²) < 4.78 is 14.6. The van der Waals surface area contributed by atoms with Gasteiger partial charge in [0.25, 0.3) is 0 Å². The van der Waals surface area contributed by atoms with Gasteiger partial charge in [0.1, 0.15) is 11.9 Å². The van der Waals surface area contributed by atoms with E-state index in [0.29, 0.717) is 0 Å². The number of nitrogens with zero attached hydrogens (tertiary/aromatic N) is 4. The zero-order valence-corrected chi connectivity index (χ0v) is 8.39. The second-order valence-electron chi connectivity index (χ2n) is 2.82. The van der Waals surface area contributed by atoms with Crippen molar-refractivity contribution in [1.29, 1.82) is 0 Å². The van der Waals surface area contributed by atoms with E-state index in [1.165, 1.54) is 12.1 Å². The summed E-state index contributed by atoms with van der Waals surface area (Å²) in [6, 6.07) is 2.56. The fourth-order valence-electron chi connectivity index (χ4n) is 1.21. The van der Waals surface area contributed by atoms with E-state index in [-0.39, 0.29) is 10.7 Å². The molecule has 82 valence electrons. The van der Waals surface area contributed by atoms with E-state index in [1.54, 1.807) is 0 Å². The van der Waals surface area contributed by atoms with Gasteiger partial charge < -0.3 is 5.11 Å². The van der Waals surface area contributed by atoms with Crippen LogP contribution in [0.5, 0.6) is 0 Å². The minimum absolute atomic E-state index is 0.0133. The fraction of sp³-hybridized carbons (Fsp3) is 0. The van der Waals surface area contributed by atoms with Crippen molar-refractivity contribution in [1.82, 2.24) is 20.2 Å². The van der Waals surface area contributed by atoms with E-state index in [0.717, 1.165) is 11.0 Å². The Bertz CT molecular complexity index is 543. The van der Waals surface area contributed by atoms with E-state index in [1.807, 2.05) is 0 Å². The maximum atomic E-state index is 13.5. The molecule has 0 aliphatic rings. The van der Waals surface area contributed by atoms with Gasteiger partial charge in [-0.2, -0.15) is 4.68 Å². The second-order valence-corrected chi connectivity index (χ2v) is 3.22. The van der Waals surface area contributed by atoms with Crippen LogP contribution in [0.3, 0.4) is 0 Å². The van der Waals surface area contributed by atoms with Crippen molar-refractivity contribution in [2.75, 3.05) is 0 Å². The topological polar surface area (TPSA) is 80.9 Å². The number of halogens is 2. The number of benzene rings is 1. The maximum absolute atomic E-state index is 13.5. The Morgan fingerprint density at radius 3 is 2.81 bits per heavy atom. The van der Waals surface area contributed by atoms with Crippen LogP contribution in [0.15, 0.2) is 18.5 Å². The van der Waals surface area contributed by atoms with Gasteiger partial charge in [-0.25, -0.2) is 9.18 Å². The van der Waals surface area contributed by atoms with Gasteiger partial charge in [0.05, 0.1) is 10.7 Å². The Kier molecular flexibility index (Phi) is 2.53. The molecule has 1 N–H and O–H groups in total. The fourth-order valence-corrected chi connectivity index (χ4v) is 1.36. The zero-order valence-electron chi connectivity index (χ0n) is 7.63. The molecule has 1 heterocycles. The summed E-state index contributed by atoms with van der Waals surface area (Å²) in [7, 11) is 0. The van der Waals surface area contributed by atoms with Crippen LogP contribution < -0.4 is 0 Å². The largest absolute Gasteiger partial charge is 0.478 e. The van der Waals surface area contributed by atoms with Crippen LogP contribution in [0.25, 0.3) is 5.69 Å². The summed E-state index contributed by atoms with van der Waals surface area (Å²) in [6.45, 7) is 0. The molecule has 0 aliphatic heterocycles. The molecule has 6 nitrogen and oxygen atoms in total. The number of hydrogen-bond acceptors (Lipinski definition) is 4. The number of carboxylic acid groups (broad SMARTS) is 1. The third kappa shape index (κ3) is 1.61. The molecule has 16 heavy (non-hydrogen) atoms. The predicted octanol–water partition coefficient (Wildman–Crippen LogP) is 1.15. The Balaban J connectivity index is 2.71.